The molecule has 7 heteroatoms. The number of sulfone groups is 1. The minimum absolute atomic E-state index is 0.0134. The van der Waals surface area contributed by atoms with Crippen molar-refractivity contribution < 1.29 is 18.3 Å². The summed E-state index contributed by atoms with van der Waals surface area (Å²) in [6.07, 6.45) is 0.0921. The highest BCUT2D eigenvalue weighted by atomic mass is 32.2. The molecule has 1 amide bonds. The number of phenols is 1. The first-order valence-electron chi connectivity index (χ1n) is 5.97. The maximum Gasteiger partial charge on any atom is 0.225 e. The molecule has 1 unspecified atom stereocenters. The van der Waals surface area contributed by atoms with Crippen LogP contribution in [0, 0.1) is 0 Å². The average molecular weight is 284 g/mol. The van der Waals surface area contributed by atoms with Gasteiger partial charge in [-0.2, -0.15) is 0 Å². The Balaban J connectivity index is 1.91. The number of hydrogen-bond acceptors (Lipinski definition) is 5. The van der Waals surface area contributed by atoms with Crippen LogP contribution in [0.5, 0.6) is 5.75 Å². The normalized spacial score (nSPS) is 21.8. The summed E-state index contributed by atoms with van der Waals surface area (Å²) in [7, 11) is -3.04. The average Bonchev–Trinajstić information content (AvgIpc) is 2.27. The maximum atomic E-state index is 11.8. The molecule has 0 spiro atoms. The van der Waals surface area contributed by atoms with Crippen LogP contribution in [-0.4, -0.2) is 43.5 Å². The molecular weight excluding hydrogens is 268 g/mol. The van der Waals surface area contributed by atoms with E-state index in [9.17, 15) is 18.3 Å². The molecule has 1 aromatic carbocycles. The molecule has 0 aliphatic carbocycles. The molecule has 19 heavy (non-hydrogen) atoms. The van der Waals surface area contributed by atoms with Gasteiger partial charge in [-0.25, -0.2) is 8.42 Å². The molecular formula is C12H16N2O4S. The number of amides is 1. The first kappa shape index (κ1) is 13.8. The van der Waals surface area contributed by atoms with Crippen LogP contribution in [0.1, 0.15) is 6.42 Å². The van der Waals surface area contributed by atoms with Gasteiger partial charge in [0.1, 0.15) is 5.75 Å². The lowest BCUT2D eigenvalue weighted by Crippen LogP contribution is -2.46. The molecule has 3 N–H and O–H groups in total. The zero-order valence-electron chi connectivity index (χ0n) is 10.3. The Hall–Kier alpha value is -1.60. The monoisotopic (exact) mass is 284 g/mol. The molecule has 0 aromatic heterocycles. The van der Waals surface area contributed by atoms with Crippen molar-refractivity contribution in [1.29, 1.82) is 0 Å². The van der Waals surface area contributed by atoms with Crippen LogP contribution in [0.15, 0.2) is 24.3 Å². The van der Waals surface area contributed by atoms with Crippen molar-refractivity contribution in [2.24, 2.45) is 0 Å². The quantitative estimate of drug-likeness (QED) is 0.732. The predicted octanol–water partition coefficient (Wildman–Crippen LogP) is 0.107. The van der Waals surface area contributed by atoms with E-state index in [0.29, 0.717) is 12.2 Å². The fraction of sp³-hybridized carbons (Fsp3) is 0.417. The van der Waals surface area contributed by atoms with Crippen LogP contribution in [0.25, 0.3) is 0 Å². The topological polar surface area (TPSA) is 95.5 Å². The molecule has 0 radical (unpaired) electrons. The van der Waals surface area contributed by atoms with Crippen molar-refractivity contribution in [3.8, 4) is 5.75 Å². The summed E-state index contributed by atoms with van der Waals surface area (Å²) < 4.78 is 22.9. The van der Waals surface area contributed by atoms with Crippen molar-refractivity contribution >= 4 is 21.4 Å². The standard InChI is InChI=1S/C12H16N2O4S/c15-11-3-1-2-9(6-11)14-12(16)7-10-8-19(17,18)5-4-13-10/h1-3,6,10,13,15H,4-5,7-8H2,(H,14,16). The number of rotatable bonds is 3. The van der Waals surface area contributed by atoms with Crippen LogP contribution in [0.3, 0.4) is 0 Å². The number of anilines is 1. The van der Waals surface area contributed by atoms with Crippen molar-refractivity contribution in [3.63, 3.8) is 0 Å². The number of carbonyl (C=O) groups is 1. The largest absolute Gasteiger partial charge is 0.508 e. The van der Waals surface area contributed by atoms with Crippen molar-refractivity contribution in [3.05, 3.63) is 24.3 Å². The molecule has 1 aromatic rings. The molecule has 2 rings (SSSR count). The first-order chi connectivity index (χ1) is 8.94. The second kappa shape index (κ2) is 5.58. The lowest BCUT2D eigenvalue weighted by atomic mass is 10.2. The van der Waals surface area contributed by atoms with E-state index in [2.05, 4.69) is 10.6 Å². The Kier molecular flexibility index (Phi) is 4.06. The summed E-state index contributed by atoms with van der Waals surface area (Å²) in [5.41, 5.74) is 0.490. The summed E-state index contributed by atoms with van der Waals surface area (Å²) in [6, 6.07) is 5.86. The highest BCUT2D eigenvalue weighted by molar-refractivity contribution is 7.91. The minimum Gasteiger partial charge on any atom is -0.508 e. The van der Waals surface area contributed by atoms with E-state index >= 15 is 0 Å². The summed E-state index contributed by atoms with van der Waals surface area (Å²) in [4.78, 5) is 11.8. The van der Waals surface area contributed by atoms with E-state index in [1.807, 2.05) is 0 Å². The molecule has 1 fully saturated rings. The highest BCUT2D eigenvalue weighted by Gasteiger charge is 2.25. The SMILES string of the molecule is O=C(CC1CS(=O)(=O)CCN1)Nc1cccc(O)c1. The minimum atomic E-state index is -3.04. The molecule has 6 nitrogen and oxygen atoms in total. The second-order valence-electron chi connectivity index (χ2n) is 4.57. The number of benzene rings is 1. The van der Waals surface area contributed by atoms with Gasteiger partial charge in [-0.1, -0.05) is 6.07 Å². The molecule has 0 bridgehead atoms. The Morgan fingerprint density at radius 1 is 1.47 bits per heavy atom. The summed E-state index contributed by atoms with van der Waals surface area (Å²) in [5, 5.41) is 14.9. The van der Waals surface area contributed by atoms with Gasteiger partial charge in [0.2, 0.25) is 5.91 Å². The predicted molar refractivity (Wildman–Crippen MR) is 71.8 cm³/mol. The van der Waals surface area contributed by atoms with Crippen LogP contribution < -0.4 is 10.6 Å². The van der Waals surface area contributed by atoms with Gasteiger partial charge < -0.3 is 15.7 Å². The summed E-state index contributed by atoms with van der Waals surface area (Å²) in [5.74, 6) is -0.102. The number of phenolic OH excluding ortho intramolecular Hbond substituents is 1. The van der Waals surface area contributed by atoms with Crippen LogP contribution in [0.2, 0.25) is 0 Å². The van der Waals surface area contributed by atoms with E-state index in [1.165, 1.54) is 12.1 Å². The fourth-order valence-corrected chi connectivity index (χ4v) is 3.46. The molecule has 1 atom stereocenters. The number of carbonyl (C=O) groups excluding carboxylic acids is 1. The second-order valence-corrected chi connectivity index (χ2v) is 6.80. The third-order valence-electron chi connectivity index (χ3n) is 2.86. The van der Waals surface area contributed by atoms with Gasteiger partial charge >= 0.3 is 0 Å². The lowest BCUT2D eigenvalue weighted by Gasteiger charge is -2.23. The Bertz CT molecular complexity index is 571. The van der Waals surface area contributed by atoms with Gasteiger partial charge in [0.15, 0.2) is 9.84 Å². The molecule has 0 saturated carbocycles. The maximum absolute atomic E-state index is 11.8. The summed E-state index contributed by atoms with van der Waals surface area (Å²) >= 11 is 0. The Morgan fingerprint density at radius 2 is 2.26 bits per heavy atom. The fourth-order valence-electron chi connectivity index (χ4n) is 2.02. The first-order valence-corrected chi connectivity index (χ1v) is 7.79. The summed E-state index contributed by atoms with van der Waals surface area (Å²) in [6.45, 7) is 0.381. The molecule has 104 valence electrons. The Labute approximate surface area is 111 Å². The lowest BCUT2D eigenvalue weighted by molar-refractivity contribution is -0.116. The smallest absolute Gasteiger partial charge is 0.225 e. The number of aromatic hydroxyl groups is 1. The van der Waals surface area contributed by atoms with Gasteiger partial charge in [-0.05, 0) is 12.1 Å². The van der Waals surface area contributed by atoms with E-state index in [1.54, 1.807) is 12.1 Å². The highest BCUT2D eigenvalue weighted by Crippen LogP contribution is 2.16. The van der Waals surface area contributed by atoms with Crippen molar-refractivity contribution in [2.75, 3.05) is 23.4 Å². The zero-order chi connectivity index (χ0) is 13.9. The van der Waals surface area contributed by atoms with Crippen LogP contribution in [-0.2, 0) is 14.6 Å². The van der Waals surface area contributed by atoms with E-state index in [4.69, 9.17) is 0 Å². The third-order valence-corrected chi connectivity index (χ3v) is 4.60. The van der Waals surface area contributed by atoms with E-state index in [0.717, 1.165) is 0 Å². The van der Waals surface area contributed by atoms with Crippen LogP contribution in [0.4, 0.5) is 5.69 Å². The molecule has 1 aliphatic rings. The van der Waals surface area contributed by atoms with E-state index < -0.39 is 9.84 Å². The Morgan fingerprint density at radius 3 is 2.95 bits per heavy atom. The van der Waals surface area contributed by atoms with Crippen LogP contribution >= 0.6 is 0 Å². The van der Waals surface area contributed by atoms with Crippen molar-refractivity contribution in [1.82, 2.24) is 5.32 Å². The molecule has 1 heterocycles. The van der Waals surface area contributed by atoms with Crippen molar-refractivity contribution in [2.45, 2.75) is 12.5 Å². The van der Waals surface area contributed by atoms with Gasteiger partial charge in [-0.15, -0.1) is 0 Å². The molecule has 1 saturated heterocycles. The van der Waals surface area contributed by atoms with Gasteiger partial charge in [0.25, 0.3) is 0 Å². The zero-order valence-corrected chi connectivity index (χ0v) is 11.1. The number of nitrogens with one attached hydrogen (secondary N) is 2. The third kappa shape index (κ3) is 4.22. The van der Waals surface area contributed by atoms with Gasteiger partial charge in [0.05, 0.1) is 11.5 Å². The van der Waals surface area contributed by atoms with E-state index in [-0.39, 0.29) is 35.6 Å². The van der Waals surface area contributed by atoms with Gasteiger partial charge in [-0.3, -0.25) is 4.79 Å². The number of hydrogen-bond donors (Lipinski definition) is 3. The van der Waals surface area contributed by atoms with Gasteiger partial charge in [0, 0.05) is 30.8 Å². The molecule has 1 aliphatic heterocycles.